The van der Waals surface area contributed by atoms with Crippen LogP contribution in [0.25, 0.3) is 5.82 Å². The van der Waals surface area contributed by atoms with E-state index in [0.717, 1.165) is 0 Å². The summed E-state index contributed by atoms with van der Waals surface area (Å²) >= 11 is 0. The van der Waals surface area contributed by atoms with Gasteiger partial charge in [0.2, 0.25) is 5.88 Å². The number of aromatic nitrogens is 4. The summed E-state index contributed by atoms with van der Waals surface area (Å²) in [4.78, 5) is 21.0. The van der Waals surface area contributed by atoms with Gasteiger partial charge in [-0.2, -0.15) is 10.1 Å². The summed E-state index contributed by atoms with van der Waals surface area (Å²) in [5.74, 6) is 2.67. The number of nitrogens with one attached hydrogen (secondary N) is 1. The number of nitrogens with zero attached hydrogens (tertiary/aromatic N) is 4. The van der Waals surface area contributed by atoms with Crippen molar-refractivity contribution < 1.29 is 14.3 Å². The third kappa shape index (κ3) is 4.44. The highest BCUT2D eigenvalue weighted by Crippen LogP contribution is 2.23. The Hall–Kier alpha value is -4.20. The molecular weight excluding hydrogens is 382 g/mol. The topological polar surface area (TPSA) is 91.2 Å². The maximum atomic E-state index is 12.4. The SMILES string of the molecule is COc1ccc(C(=O)Nc2ccc(Oc3cc(-n4cccn4)nc(C)n3)cc2)cc1. The number of carbonyl (C=O) groups is 1. The molecule has 30 heavy (non-hydrogen) atoms. The van der Waals surface area contributed by atoms with Crippen molar-refractivity contribution in [2.75, 3.05) is 12.4 Å². The molecule has 2 aromatic heterocycles. The molecule has 0 unspecified atom stereocenters. The molecule has 0 atom stereocenters. The van der Waals surface area contributed by atoms with E-state index in [1.807, 2.05) is 6.07 Å². The zero-order valence-electron chi connectivity index (χ0n) is 16.4. The van der Waals surface area contributed by atoms with Crippen LogP contribution in [0.3, 0.4) is 0 Å². The molecule has 0 radical (unpaired) electrons. The van der Waals surface area contributed by atoms with Crippen molar-refractivity contribution in [2.24, 2.45) is 0 Å². The minimum atomic E-state index is -0.207. The molecule has 0 aliphatic rings. The molecule has 8 heteroatoms. The highest BCUT2D eigenvalue weighted by atomic mass is 16.5. The molecule has 0 aliphatic heterocycles. The molecule has 4 aromatic rings. The lowest BCUT2D eigenvalue weighted by atomic mass is 10.2. The van der Waals surface area contributed by atoms with Crippen LogP contribution in [0.2, 0.25) is 0 Å². The maximum absolute atomic E-state index is 12.4. The fourth-order valence-corrected chi connectivity index (χ4v) is 2.77. The zero-order valence-corrected chi connectivity index (χ0v) is 16.4. The Morgan fingerprint density at radius 1 is 1.00 bits per heavy atom. The molecular formula is C22H19N5O3. The Bertz CT molecular complexity index is 1140. The number of methoxy groups -OCH3 is 1. The molecule has 2 heterocycles. The van der Waals surface area contributed by atoms with Gasteiger partial charge in [0.25, 0.3) is 5.91 Å². The van der Waals surface area contributed by atoms with Gasteiger partial charge in [-0.25, -0.2) is 9.67 Å². The van der Waals surface area contributed by atoms with E-state index in [0.29, 0.717) is 40.3 Å². The quantitative estimate of drug-likeness (QED) is 0.525. The second-order valence-electron chi connectivity index (χ2n) is 6.37. The lowest BCUT2D eigenvalue weighted by Crippen LogP contribution is -2.11. The predicted octanol–water partition coefficient (Wildman–Crippen LogP) is 4.02. The lowest BCUT2D eigenvalue weighted by Gasteiger charge is -2.09. The smallest absolute Gasteiger partial charge is 0.255 e. The van der Waals surface area contributed by atoms with Crippen molar-refractivity contribution in [3.8, 4) is 23.2 Å². The van der Waals surface area contributed by atoms with Crippen LogP contribution in [0.4, 0.5) is 5.69 Å². The van der Waals surface area contributed by atoms with Gasteiger partial charge in [0.15, 0.2) is 5.82 Å². The summed E-state index contributed by atoms with van der Waals surface area (Å²) in [6.07, 6.45) is 3.47. The van der Waals surface area contributed by atoms with Crippen LogP contribution < -0.4 is 14.8 Å². The van der Waals surface area contributed by atoms with Gasteiger partial charge in [-0.05, 0) is 61.5 Å². The van der Waals surface area contributed by atoms with Gasteiger partial charge < -0.3 is 14.8 Å². The number of rotatable bonds is 6. The molecule has 0 aliphatic carbocycles. The van der Waals surface area contributed by atoms with Crippen LogP contribution in [0, 0.1) is 6.92 Å². The second-order valence-corrected chi connectivity index (χ2v) is 6.37. The first-order chi connectivity index (χ1) is 14.6. The largest absolute Gasteiger partial charge is 0.497 e. The summed E-state index contributed by atoms with van der Waals surface area (Å²) in [6.45, 7) is 1.79. The number of benzene rings is 2. The molecule has 0 saturated heterocycles. The van der Waals surface area contributed by atoms with E-state index in [-0.39, 0.29) is 5.91 Å². The third-order valence-corrected chi connectivity index (χ3v) is 4.23. The zero-order chi connectivity index (χ0) is 20.9. The number of hydrogen-bond donors (Lipinski definition) is 1. The number of amides is 1. The van der Waals surface area contributed by atoms with Gasteiger partial charge in [0.05, 0.1) is 7.11 Å². The first kappa shape index (κ1) is 19.1. The van der Waals surface area contributed by atoms with Gasteiger partial charge >= 0.3 is 0 Å². The Morgan fingerprint density at radius 2 is 1.73 bits per heavy atom. The normalized spacial score (nSPS) is 10.5. The standard InChI is InChI=1S/C22H19N5O3/c1-15-24-20(27-13-3-12-23-27)14-21(25-15)30-19-10-6-17(7-11-19)26-22(28)16-4-8-18(29-2)9-5-16/h3-14H,1-2H3,(H,26,28). The van der Waals surface area contributed by atoms with E-state index < -0.39 is 0 Å². The Balaban J connectivity index is 1.44. The van der Waals surface area contributed by atoms with Gasteiger partial charge in [-0.1, -0.05) is 0 Å². The van der Waals surface area contributed by atoms with E-state index in [1.54, 1.807) is 85.7 Å². The highest BCUT2D eigenvalue weighted by molar-refractivity contribution is 6.04. The first-order valence-electron chi connectivity index (χ1n) is 9.20. The van der Waals surface area contributed by atoms with Crippen molar-refractivity contribution in [3.63, 3.8) is 0 Å². The average Bonchev–Trinajstić information content (AvgIpc) is 3.30. The Morgan fingerprint density at radius 3 is 2.40 bits per heavy atom. The molecule has 150 valence electrons. The molecule has 0 bridgehead atoms. The monoisotopic (exact) mass is 401 g/mol. The number of aryl methyl sites for hydroxylation is 1. The number of hydrogen-bond acceptors (Lipinski definition) is 6. The Kier molecular flexibility index (Phi) is 5.38. The molecule has 1 N–H and O–H groups in total. The second kappa shape index (κ2) is 8.44. The number of anilines is 1. The van der Waals surface area contributed by atoms with Crippen LogP contribution >= 0.6 is 0 Å². The first-order valence-corrected chi connectivity index (χ1v) is 9.20. The molecule has 0 fully saturated rings. The van der Waals surface area contributed by atoms with Crippen molar-refractivity contribution in [1.29, 1.82) is 0 Å². The molecule has 8 nitrogen and oxygen atoms in total. The maximum Gasteiger partial charge on any atom is 0.255 e. The molecule has 4 rings (SSSR count). The molecule has 1 amide bonds. The molecule has 0 saturated carbocycles. The average molecular weight is 401 g/mol. The summed E-state index contributed by atoms with van der Waals surface area (Å²) < 4.78 is 12.6. The van der Waals surface area contributed by atoms with Crippen LogP contribution in [-0.4, -0.2) is 32.8 Å². The minimum absolute atomic E-state index is 0.207. The van der Waals surface area contributed by atoms with Crippen LogP contribution in [-0.2, 0) is 0 Å². The molecule has 0 spiro atoms. The Labute approximate surface area is 173 Å². The number of ether oxygens (including phenoxy) is 2. The van der Waals surface area contributed by atoms with Crippen LogP contribution in [0.15, 0.2) is 73.1 Å². The van der Waals surface area contributed by atoms with Crippen LogP contribution in [0.5, 0.6) is 17.4 Å². The lowest BCUT2D eigenvalue weighted by molar-refractivity contribution is 0.102. The molecule has 2 aromatic carbocycles. The summed E-state index contributed by atoms with van der Waals surface area (Å²) in [6, 6.07) is 17.5. The predicted molar refractivity (Wildman–Crippen MR) is 111 cm³/mol. The van der Waals surface area contributed by atoms with Gasteiger partial charge in [0, 0.05) is 29.7 Å². The van der Waals surface area contributed by atoms with Crippen LogP contribution in [0.1, 0.15) is 16.2 Å². The van der Waals surface area contributed by atoms with Gasteiger partial charge in [-0.3, -0.25) is 4.79 Å². The minimum Gasteiger partial charge on any atom is -0.497 e. The summed E-state index contributed by atoms with van der Waals surface area (Å²) in [5, 5.41) is 7.02. The van der Waals surface area contributed by atoms with Gasteiger partial charge in [-0.15, -0.1) is 0 Å². The fraction of sp³-hybridized carbons (Fsp3) is 0.0909. The van der Waals surface area contributed by atoms with Crippen molar-refractivity contribution in [3.05, 3.63) is 84.4 Å². The van der Waals surface area contributed by atoms with E-state index in [2.05, 4.69) is 20.4 Å². The highest BCUT2D eigenvalue weighted by Gasteiger charge is 2.08. The van der Waals surface area contributed by atoms with Gasteiger partial charge in [0.1, 0.15) is 17.3 Å². The summed E-state index contributed by atoms with van der Waals surface area (Å²) in [7, 11) is 1.58. The third-order valence-electron chi connectivity index (χ3n) is 4.23. The van der Waals surface area contributed by atoms with Crippen molar-refractivity contribution in [1.82, 2.24) is 19.7 Å². The van der Waals surface area contributed by atoms with E-state index in [9.17, 15) is 4.79 Å². The fourth-order valence-electron chi connectivity index (χ4n) is 2.77. The van der Waals surface area contributed by atoms with E-state index in [1.165, 1.54) is 0 Å². The summed E-state index contributed by atoms with van der Waals surface area (Å²) in [5.41, 5.74) is 1.19. The van der Waals surface area contributed by atoms with E-state index >= 15 is 0 Å². The van der Waals surface area contributed by atoms with Crippen molar-refractivity contribution >= 4 is 11.6 Å². The van der Waals surface area contributed by atoms with E-state index in [4.69, 9.17) is 9.47 Å². The number of carbonyl (C=O) groups excluding carboxylic acids is 1. The van der Waals surface area contributed by atoms with Crippen molar-refractivity contribution in [2.45, 2.75) is 6.92 Å².